The average molecular weight is 403 g/mol. The van der Waals surface area contributed by atoms with Gasteiger partial charge in [-0.3, -0.25) is 0 Å². The summed E-state index contributed by atoms with van der Waals surface area (Å²) in [5.41, 5.74) is 1.99. The third-order valence-electron chi connectivity index (χ3n) is 2.81. The molecule has 0 aliphatic heterocycles. The van der Waals surface area contributed by atoms with Crippen LogP contribution in [0.4, 0.5) is 17.3 Å². The maximum Gasteiger partial charge on any atom is 0.138 e. The molecule has 1 aromatic carbocycles. The van der Waals surface area contributed by atoms with E-state index >= 15 is 0 Å². The highest BCUT2D eigenvalue weighted by Crippen LogP contribution is 2.27. The fourth-order valence-corrected chi connectivity index (χ4v) is 2.72. The summed E-state index contributed by atoms with van der Waals surface area (Å²) in [5, 5.41) is 7.35. The molecule has 0 saturated carbocycles. The van der Waals surface area contributed by atoms with Gasteiger partial charge in [-0.15, -0.1) is 0 Å². The Hall–Kier alpha value is -1.08. The predicted molar refractivity (Wildman–Crippen MR) is 93.0 cm³/mol. The summed E-state index contributed by atoms with van der Waals surface area (Å²) in [5.74, 6) is 1.67. The van der Waals surface area contributed by atoms with Crippen molar-refractivity contribution in [1.82, 2.24) is 9.97 Å². The minimum Gasteiger partial charge on any atom is -0.370 e. The predicted octanol–water partition coefficient (Wildman–Crippen LogP) is 4.61. The highest BCUT2D eigenvalue weighted by Gasteiger charge is 2.08. The van der Waals surface area contributed by atoms with E-state index in [4.69, 9.17) is 11.6 Å². The Morgan fingerprint density at radius 1 is 1.25 bits per heavy atom. The molecule has 0 atom stereocenters. The van der Waals surface area contributed by atoms with Crippen LogP contribution in [0, 0.1) is 10.5 Å². The first-order chi connectivity index (χ1) is 9.61. The van der Waals surface area contributed by atoms with Crippen molar-refractivity contribution in [2.45, 2.75) is 20.3 Å². The first kappa shape index (κ1) is 15.3. The van der Waals surface area contributed by atoms with E-state index < -0.39 is 0 Å². The average Bonchev–Trinajstić information content (AvgIpc) is 2.42. The number of benzene rings is 1. The second kappa shape index (κ2) is 7.08. The number of hydrogen-bond acceptors (Lipinski definition) is 4. The van der Waals surface area contributed by atoms with Gasteiger partial charge in [0.2, 0.25) is 0 Å². The summed E-state index contributed by atoms with van der Waals surface area (Å²) in [6.07, 6.45) is 2.62. The quantitative estimate of drug-likeness (QED) is 0.717. The van der Waals surface area contributed by atoms with Crippen LogP contribution in [-0.2, 0) is 0 Å². The van der Waals surface area contributed by atoms with Gasteiger partial charge >= 0.3 is 0 Å². The van der Waals surface area contributed by atoms with E-state index in [2.05, 4.69) is 50.1 Å². The van der Waals surface area contributed by atoms with Crippen molar-refractivity contribution in [1.29, 1.82) is 0 Å². The van der Waals surface area contributed by atoms with Gasteiger partial charge in [-0.2, -0.15) is 0 Å². The van der Waals surface area contributed by atoms with Crippen molar-refractivity contribution in [2.75, 3.05) is 17.2 Å². The molecule has 4 nitrogen and oxygen atoms in total. The molecule has 0 bridgehead atoms. The van der Waals surface area contributed by atoms with Crippen LogP contribution in [0.1, 0.15) is 18.9 Å². The van der Waals surface area contributed by atoms with Crippen LogP contribution in [-0.4, -0.2) is 16.5 Å². The van der Waals surface area contributed by atoms with E-state index in [0.717, 1.165) is 44.4 Å². The van der Waals surface area contributed by atoms with Crippen molar-refractivity contribution in [3.8, 4) is 0 Å². The smallest absolute Gasteiger partial charge is 0.138 e. The van der Waals surface area contributed by atoms with Gasteiger partial charge in [0, 0.05) is 20.7 Å². The Kier molecular flexibility index (Phi) is 5.42. The summed E-state index contributed by atoms with van der Waals surface area (Å²) in [6.45, 7) is 5.03. The van der Waals surface area contributed by atoms with Crippen LogP contribution in [0.25, 0.3) is 0 Å². The molecule has 1 aromatic heterocycles. The van der Waals surface area contributed by atoms with Gasteiger partial charge < -0.3 is 10.6 Å². The van der Waals surface area contributed by atoms with Gasteiger partial charge in [-0.25, -0.2) is 9.97 Å². The Morgan fingerprint density at radius 3 is 2.70 bits per heavy atom. The molecule has 0 amide bonds. The normalized spacial score (nSPS) is 10.4. The molecular weight excluding hydrogens is 387 g/mol. The Labute approximate surface area is 137 Å². The number of halogens is 2. The molecule has 2 rings (SSSR count). The molecule has 0 unspecified atom stereocenters. The van der Waals surface area contributed by atoms with E-state index in [1.54, 1.807) is 6.33 Å². The van der Waals surface area contributed by atoms with Gasteiger partial charge in [0.25, 0.3) is 0 Å². The Bertz CT molecular complexity index is 604. The highest BCUT2D eigenvalue weighted by molar-refractivity contribution is 14.1. The third-order valence-corrected chi connectivity index (χ3v) is 3.94. The van der Waals surface area contributed by atoms with Crippen molar-refractivity contribution < 1.29 is 0 Å². The van der Waals surface area contributed by atoms with Crippen LogP contribution >= 0.6 is 34.2 Å². The third kappa shape index (κ3) is 3.73. The molecule has 0 fully saturated rings. The van der Waals surface area contributed by atoms with Crippen LogP contribution in [0.5, 0.6) is 0 Å². The molecule has 1 heterocycles. The zero-order valence-electron chi connectivity index (χ0n) is 11.4. The summed E-state index contributed by atoms with van der Waals surface area (Å²) in [4.78, 5) is 8.58. The largest absolute Gasteiger partial charge is 0.370 e. The zero-order valence-corrected chi connectivity index (χ0v) is 14.3. The summed E-state index contributed by atoms with van der Waals surface area (Å²) >= 11 is 8.22. The fourth-order valence-electron chi connectivity index (χ4n) is 1.72. The van der Waals surface area contributed by atoms with Crippen LogP contribution in [0.15, 0.2) is 24.5 Å². The summed E-state index contributed by atoms with van der Waals surface area (Å²) in [6, 6.07) is 5.72. The maximum absolute atomic E-state index is 5.97. The minimum absolute atomic E-state index is 0.727. The van der Waals surface area contributed by atoms with Gasteiger partial charge in [0.15, 0.2) is 0 Å². The Balaban J connectivity index is 2.24. The van der Waals surface area contributed by atoms with Crippen molar-refractivity contribution in [3.63, 3.8) is 0 Å². The molecule has 0 radical (unpaired) electrons. The van der Waals surface area contributed by atoms with E-state index in [0.29, 0.717) is 0 Å². The second-order valence-corrected chi connectivity index (χ2v) is 5.97. The van der Waals surface area contributed by atoms with Gasteiger partial charge in [-0.05, 0) is 54.1 Å². The SMILES string of the molecule is CCCNc1ncnc(Nc2ccc(Cl)cc2I)c1C. The number of nitrogens with one attached hydrogen (secondary N) is 2. The minimum atomic E-state index is 0.727. The summed E-state index contributed by atoms with van der Waals surface area (Å²) in [7, 11) is 0. The number of rotatable bonds is 5. The van der Waals surface area contributed by atoms with Crippen molar-refractivity contribution >= 4 is 51.5 Å². The van der Waals surface area contributed by atoms with E-state index in [-0.39, 0.29) is 0 Å². The molecule has 0 saturated heterocycles. The van der Waals surface area contributed by atoms with Gasteiger partial charge in [0.1, 0.15) is 18.0 Å². The molecule has 0 spiro atoms. The topological polar surface area (TPSA) is 49.8 Å². The zero-order chi connectivity index (χ0) is 14.5. The lowest BCUT2D eigenvalue weighted by Crippen LogP contribution is -2.07. The van der Waals surface area contributed by atoms with E-state index in [1.165, 1.54) is 0 Å². The van der Waals surface area contributed by atoms with E-state index in [1.807, 2.05) is 25.1 Å². The molecule has 20 heavy (non-hydrogen) atoms. The molecule has 6 heteroatoms. The molecule has 2 aromatic rings. The number of nitrogens with zero attached hydrogens (tertiary/aromatic N) is 2. The van der Waals surface area contributed by atoms with Crippen LogP contribution in [0.2, 0.25) is 5.02 Å². The van der Waals surface area contributed by atoms with Crippen LogP contribution in [0.3, 0.4) is 0 Å². The van der Waals surface area contributed by atoms with Crippen LogP contribution < -0.4 is 10.6 Å². The molecule has 0 aliphatic carbocycles. The molecular formula is C14H16ClIN4. The first-order valence-corrected chi connectivity index (χ1v) is 7.85. The molecule has 2 N–H and O–H groups in total. The van der Waals surface area contributed by atoms with Gasteiger partial charge in [0.05, 0.1) is 5.69 Å². The summed E-state index contributed by atoms with van der Waals surface area (Å²) < 4.78 is 1.05. The lowest BCUT2D eigenvalue weighted by molar-refractivity contribution is 0.960. The Morgan fingerprint density at radius 2 is 2.00 bits per heavy atom. The molecule has 106 valence electrons. The molecule has 0 aliphatic rings. The van der Waals surface area contributed by atoms with Crippen molar-refractivity contribution in [3.05, 3.63) is 38.7 Å². The second-order valence-electron chi connectivity index (χ2n) is 4.37. The maximum atomic E-state index is 5.97. The number of hydrogen-bond donors (Lipinski definition) is 2. The lowest BCUT2D eigenvalue weighted by atomic mass is 10.2. The lowest BCUT2D eigenvalue weighted by Gasteiger charge is -2.13. The fraction of sp³-hybridized carbons (Fsp3) is 0.286. The first-order valence-electron chi connectivity index (χ1n) is 6.39. The highest BCUT2D eigenvalue weighted by atomic mass is 127. The van der Waals surface area contributed by atoms with Gasteiger partial charge in [-0.1, -0.05) is 18.5 Å². The number of anilines is 3. The monoisotopic (exact) mass is 402 g/mol. The van der Waals surface area contributed by atoms with E-state index in [9.17, 15) is 0 Å². The number of aromatic nitrogens is 2. The standard InChI is InChI=1S/C14H16ClIN4/c1-3-6-17-13-9(2)14(19-8-18-13)20-12-5-4-10(15)7-11(12)16/h4-5,7-8H,3,6H2,1-2H3,(H2,17,18,19,20). The van der Waals surface area contributed by atoms with Crippen molar-refractivity contribution in [2.24, 2.45) is 0 Å².